The van der Waals surface area contributed by atoms with Crippen molar-refractivity contribution in [3.63, 3.8) is 0 Å². The molecule has 0 aliphatic heterocycles. The van der Waals surface area contributed by atoms with E-state index in [-0.39, 0.29) is 17.4 Å². The van der Waals surface area contributed by atoms with Gasteiger partial charge in [-0.1, -0.05) is 39.5 Å². The van der Waals surface area contributed by atoms with E-state index in [2.05, 4.69) is 36.6 Å². The zero-order chi connectivity index (χ0) is 15.7. The van der Waals surface area contributed by atoms with Crippen molar-refractivity contribution >= 4 is 24.5 Å². The van der Waals surface area contributed by atoms with Gasteiger partial charge >= 0.3 is 6.03 Å². The number of rotatable bonds is 9. The van der Waals surface area contributed by atoms with E-state index >= 15 is 0 Å². The molecule has 2 amide bonds. The number of primary amides is 1. The Morgan fingerprint density at radius 2 is 1.67 bits per heavy atom. The van der Waals surface area contributed by atoms with Crippen LogP contribution in [0.3, 0.4) is 0 Å². The molecule has 1 aromatic heterocycles. The van der Waals surface area contributed by atoms with Gasteiger partial charge in [0.1, 0.15) is 6.33 Å². The van der Waals surface area contributed by atoms with Crippen molar-refractivity contribution in [2.75, 3.05) is 17.5 Å². The van der Waals surface area contributed by atoms with Crippen LogP contribution in [0, 0.1) is 0 Å². The molecule has 0 aliphatic carbocycles. The summed E-state index contributed by atoms with van der Waals surface area (Å²) in [7, 11) is 0. The molecule has 0 bridgehead atoms. The zero-order valence-electron chi connectivity index (χ0n) is 12.4. The highest BCUT2D eigenvalue weighted by atomic mass is 32.1. The first-order valence-corrected chi connectivity index (χ1v) is 7.40. The van der Waals surface area contributed by atoms with Gasteiger partial charge in [-0.2, -0.15) is 9.97 Å². The Labute approximate surface area is 130 Å². The lowest BCUT2D eigenvalue weighted by atomic mass is 10.3. The van der Waals surface area contributed by atoms with Crippen molar-refractivity contribution in [1.82, 2.24) is 9.97 Å². The molecule has 1 rings (SSSR count). The maximum Gasteiger partial charge on any atom is 0.329 e. The molecule has 1 heterocycles. The van der Waals surface area contributed by atoms with Crippen LogP contribution in [0.1, 0.15) is 39.5 Å². The SMILES string of the molecule is CCCCOc1ncnc(OCCCC)c1N(S)C(N)=O. The molecule has 0 spiro atoms. The Balaban J connectivity index is 2.99. The van der Waals surface area contributed by atoms with E-state index in [0.717, 1.165) is 30.0 Å². The van der Waals surface area contributed by atoms with Crippen LogP contribution in [-0.2, 0) is 0 Å². The van der Waals surface area contributed by atoms with Crippen LogP contribution >= 0.6 is 12.8 Å². The van der Waals surface area contributed by atoms with Crippen molar-refractivity contribution in [3.05, 3.63) is 6.33 Å². The van der Waals surface area contributed by atoms with Crippen molar-refractivity contribution in [2.24, 2.45) is 5.73 Å². The standard InChI is InChI=1S/C13H22N4O3S/c1-3-5-7-19-11-10(17(21)13(14)18)12(16-9-15-11)20-8-6-4-2/h9,21H,3-8H2,1-2H3,(H2,14,18). The molecule has 0 saturated carbocycles. The Morgan fingerprint density at radius 3 is 2.05 bits per heavy atom. The maximum absolute atomic E-state index is 11.4. The lowest BCUT2D eigenvalue weighted by Crippen LogP contribution is -2.28. The number of anilines is 1. The summed E-state index contributed by atoms with van der Waals surface area (Å²) in [5, 5.41) is 0. The van der Waals surface area contributed by atoms with E-state index in [0.29, 0.717) is 13.2 Å². The number of amides is 2. The number of unbranched alkanes of at least 4 members (excludes halogenated alkanes) is 2. The van der Waals surface area contributed by atoms with Crippen molar-refractivity contribution < 1.29 is 14.3 Å². The molecule has 0 aliphatic rings. The summed E-state index contributed by atoms with van der Waals surface area (Å²) in [6, 6.07) is -0.756. The molecule has 21 heavy (non-hydrogen) atoms. The van der Waals surface area contributed by atoms with Crippen molar-refractivity contribution in [2.45, 2.75) is 39.5 Å². The molecule has 8 heteroatoms. The van der Waals surface area contributed by atoms with Gasteiger partial charge in [0, 0.05) is 0 Å². The number of ether oxygens (including phenoxy) is 2. The second kappa shape index (κ2) is 9.28. The number of hydrogen-bond donors (Lipinski definition) is 2. The topological polar surface area (TPSA) is 90.6 Å². The first-order valence-electron chi connectivity index (χ1n) is 7.00. The predicted octanol–water partition coefficient (Wildman–Crippen LogP) is 2.56. The fraction of sp³-hybridized carbons (Fsp3) is 0.615. The second-order valence-electron chi connectivity index (χ2n) is 4.39. The number of urea groups is 1. The number of nitrogens with two attached hydrogens (primary N) is 1. The zero-order valence-corrected chi connectivity index (χ0v) is 13.3. The quantitative estimate of drug-likeness (QED) is 0.540. The van der Waals surface area contributed by atoms with E-state index in [1.807, 2.05) is 0 Å². The minimum Gasteiger partial charge on any atom is -0.476 e. The second-order valence-corrected chi connectivity index (χ2v) is 4.79. The maximum atomic E-state index is 11.4. The van der Waals surface area contributed by atoms with Gasteiger partial charge in [-0.3, -0.25) is 0 Å². The molecule has 0 radical (unpaired) electrons. The van der Waals surface area contributed by atoms with Crippen LogP contribution in [0.5, 0.6) is 11.8 Å². The first kappa shape index (κ1) is 17.4. The summed E-state index contributed by atoms with van der Waals surface area (Å²) >= 11 is 4.06. The van der Waals surface area contributed by atoms with Gasteiger partial charge in [0.25, 0.3) is 0 Å². The smallest absolute Gasteiger partial charge is 0.329 e. The molecular weight excluding hydrogens is 292 g/mol. The summed E-state index contributed by atoms with van der Waals surface area (Å²) in [4.78, 5) is 19.4. The van der Waals surface area contributed by atoms with Gasteiger partial charge < -0.3 is 15.2 Å². The molecule has 0 atom stereocenters. The monoisotopic (exact) mass is 314 g/mol. The Bertz CT molecular complexity index is 431. The van der Waals surface area contributed by atoms with Crippen LogP contribution < -0.4 is 19.5 Å². The number of nitrogens with zero attached hydrogens (tertiary/aromatic N) is 3. The summed E-state index contributed by atoms with van der Waals surface area (Å²) < 4.78 is 12.1. The average Bonchev–Trinajstić information content (AvgIpc) is 2.47. The van der Waals surface area contributed by atoms with E-state index < -0.39 is 6.03 Å². The molecule has 0 unspecified atom stereocenters. The van der Waals surface area contributed by atoms with E-state index in [4.69, 9.17) is 15.2 Å². The van der Waals surface area contributed by atoms with E-state index in [9.17, 15) is 4.79 Å². The lowest BCUT2D eigenvalue weighted by molar-refractivity contribution is 0.255. The van der Waals surface area contributed by atoms with Crippen molar-refractivity contribution in [3.8, 4) is 11.8 Å². The fourth-order valence-electron chi connectivity index (χ4n) is 1.48. The summed E-state index contributed by atoms with van der Waals surface area (Å²) in [5.74, 6) is 0.470. The molecule has 1 aromatic rings. The summed E-state index contributed by atoms with van der Waals surface area (Å²) in [6.07, 6.45) is 5.05. The van der Waals surface area contributed by atoms with E-state index in [1.54, 1.807) is 0 Å². The summed E-state index contributed by atoms with van der Waals surface area (Å²) in [6.45, 7) is 5.07. The molecule has 2 N–H and O–H groups in total. The van der Waals surface area contributed by atoms with Gasteiger partial charge in [0.05, 0.1) is 13.2 Å². The highest BCUT2D eigenvalue weighted by Gasteiger charge is 2.22. The van der Waals surface area contributed by atoms with Crippen LogP contribution in [0.4, 0.5) is 10.5 Å². The molecule has 118 valence electrons. The van der Waals surface area contributed by atoms with Gasteiger partial charge in [-0.05, 0) is 12.8 Å². The highest BCUT2D eigenvalue weighted by Crippen LogP contribution is 2.35. The van der Waals surface area contributed by atoms with E-state index in [1.165, 1.54) is 6.33 Å². The minimum absolute atomic E-state index is 0.235. The third-order valence-electron chi connectivity index (χ3n) is 2.65. The Kier molecular flexibility index (Phi) is 7.66. The van der Waals surface area contributed by atoms with Gasteiger partial charge in [0.15, 0.2) is 5.69 Å². The number of hydrogen-bond acceptors (Lipinski definition) is 6. The Morgan fingerprint density at radius 1 is 1.19 bits per heavy atom. The predicted molar refractivity (Wildman–Crippen MR) is 83.9 cm³/mol. The molecule has 0 fully saturated rings. The average molecular weight is 314 g/mol. The normalized spacial score (nSPS) is 10.2. The van der Waals surface area contributed by atoms with Gasteiger partial charge in [-0.25, -0.2) is 9.10 Å². The van der Waals surface area contributed by atoms with Crippen LogP contribution in [0.15, 0.2) is 6.33 Å². The third kappa shape index (κ3) is 5.30. The molecular formula is C13H22N4O3S. The molecule has 7 nitrogen and oxygen atoms in total. The van der Waals surface area contributed by atoms with Crippen LogP contribution in [-0.4, -0.2) is 29.2 Å². The van der Waals surface area contributed by atoms with Crippen LogP contribution in [0.2, 0.25) is 0 Å². The molecule has 0 saturated heterocycles. The van der Waals surface area contributed by atoms with Gasteiger partial charge in [-0.15, -0.1) is 0 Å². The Hall–Kier alpha value is -1.70. The highest BCUT2D eigenvalue weighted by molar-refractivity contribution is 7.82. The van der Waals surface area contributed by atoms with Gasteiger partial charge in [0.2, 0.25) is 11.8 Å². The lowest BCUT2D eigenvalue weighted by Gasteiger charge is -2.19. The minimum atomic E-state index is -0.756. The van der Waals surface area contributed by atoms with Crippen LogP contribution in [0.25, 0.3) is 0 Å². The van der Waals surface area contributed by atoms with Crippen molar-refractivity contribution in [1.29, 1.82) is 0 Å². The number of carbonyl (C=O) groups excluding carboxylic acids is 1. The fourth-order valence-corrected chi connectivity index (χ4v) is 1.65. The first-order chi connectivity index (χ1) is 10.1. The third-order valence-corrected chi connectivity index (χ3v) is 3.05. The number of thiol groups is 1. The number of carbonyl (C=O) groups is 1. The summed E-state index contributed by atoms with van der Waals surface area (Å²) in [5.41, 5.74) is 5.50. The largest absolute Gasteiger partial charge is 0.476 e. The number of aromatic nitrogens is 2. The molecule has 0 aromatic carbocycles.